The predicted octanol–water partition coefficient (Wildman–Crippen LogP) is 4.37. The molecule has 0 aliphatic carbocycles. The molecule has 12 heteroatoms. The van der Waals surface area contributed by atoms with E-state index in [0.717, 1.165) is 17.5 Å². The lowest BCUT2D eigenvalue weighted by atomic mass is 10.2. The molecule has 1 atom stereocenters. The summed E-state index contributed by atoms with van der Waals surface area (Å²) in [5, 5.41) is 18.4. The number of aryl methyl sites for hydroxylation is 3. The third-order valence-corrected chi connectivity index (χ3v) is 6.81. The molecule has 1 aromatic heterocycles. The van der Waals surface area contributed by atoms with Crippen molar-refractivity contribution in [2.45, 2.75) is 38.6 Å². The maximum absolute atomic E-state index is 12.9. The number of nitrogens with one attached hydrogen (secondary N) is 2. The van der Waals surface area contributed by atoms with Gasteiger partial charge in [-0.05, 0) is 57.5 Å². The van der Waals surface area contributed by atoms with Crippen molar-refractivity contribution in [1.82, 2.24) is 9.78 Å². The molecule has 1 heterocycles. The number of benzene rings is 2. The van der Waals surface area contributed by atoms with E-state index in [1.807, 2.05) is 19.9 Å². The number of nitro benzene ring substituents is 1. The van der Waals surface area contributed by atoms with E-state index < -0.39 is 31.6 Å². The van der Waals surface area contributed by atoms with Crippen molar-refractivity contribution in [3.05, 3.63) is 74.6 Å². The van der Waals surface area contributed by atoms with Gasteiger partial charge in [0.2, 0.25) is 5.91 Å². The molecule has 0 aliphatic rings. The Bertz CT molecular complexity index is 1350. The van der Waals surface area contributed by atoms with Crippen molar-refractivity contribution < 1.29 is 18.1 Å². The fourth-order valence-electron chi connectivity index (χ4n) is 3.40. The summed E-state index contributed by atoms with van der Waals surface area (Å²) < 4.78 is 29.6. The van der Waals surface area contributed by atoms with Gasteiger partial charge < -0.3 is 5.32 Å². The van der Waals surface area contributed by atoms with Crippen LogP contribution in [-0.4, -0.2) is 29.0 Å². The van der Waals surface area contributed by atoms with Crippen molar-refractivity contribution in [3.8, 4) is 0 Å². The van der Waals surface area contributed by atoms with Crippen LogP contribution in [0.5, 0.6) is 0 Å². The Morgan fingerprint density at radius 3 is 2.45 bits per heavy atom. The van der Waals surface area contributed by atoms with Crippen molar-refractivity contribution in [2.24, 2.45) is 0 Å². The first kappa shape index (κ1) is 24.2. The molecule has 3 aromatic rings. The molecule has 1 unspecified atom stereocenters. The topological polar surface area (TPSA) is 136 Å². The van der Waals surface area contributed by atoms with Gasteiger partial charge in [-0.1, -0.05) is 23.7 Å². The highest BCUT2D eigenvalue weighted by atomic mass is 35.5. The molecule has 2 N–H and O–H groups in total. The quantitative estimate of drug-likeness (QED) is 0.372. The van der Waals surface area contributed by atoms with Gasteiger partial charge in [0.15, 0.2) is 4.90 Å². The summed E-state index contributed by atoms with van der Waals surface area (Å²) in [6.45, 7) is 6.84. The Labute approximate surface area is 195 Å². The van der Waals surface area contributed by atoms with E-state index >= 15 is 0 Å². The van der Waals surface area contributed by atoms with Gasteiger partial charge in [-0.2, -0.15) is 5.10 Å². The average molecular weight is 492 g/mol. The molecule has 174 valence electrons. The van der Waals surface area contributed by atoms with Crippen molar-refractivity contribution in [2.75, 3.05) is 10.0 Å². The zero-order valence-electron chi connectivity index (χ0n) is 18.3. The van der Waals surface area contributed by atoms with E-state index in [2.05, 4.69) is 15.1 Å². The van der Waals surface area contributed by atoms with E-state index in [0.29, 0.717) is 0 Å². The maximum atomic E-state index is 12.9. The highest BCUT2D eigenvalue weighted by molar-refractivity contribution is 7.93. The normalized spacial score (nSPS) is 12.3. The zero-order chi connectivity index (χ0) is 24.5. The molecule has 0 radical (unpaired) electrons. The number of hydrogen-bond acceptors (Lipinski definition) is 6. The molecule has 0 bridgehead atoms. The highest BCUT2D eigenvalue weighted by Crippen LogP contribution is 2.31. The standard InChI is InChI=1S/C21H22ClN5O5S/c1-12-6-5-7-19(27(29)30)20(12)33(31,32)25-16-8-9-18(17(22)11-16)23-21(28)15(4)26-14(3)10-13(2)24-26/h5-11,15,25H,1-4H3,(H,23,28). The zero-order valence-corrected chi connectivity index (χ0v) is 19.9. The van der Waals surface area contributed by atoms with Gasteiger partial charge in [0.05, 0.1) is 27.0 Å². The predicted molar refractivity (Wildman–Crippen MR) is 125 cm³/mol. The van der Waals surface area contributed by atoms with Crippen LogP contribution in [-0.2, 0) is 14.8 Å². The number of carbonyl (C=O) groups excluding carboxylic acids is 1. The van der Waals surface area contributed by atoms with Gasteiger partial charge in [0.25, 0.3) is 15.7 Å². The number of rotatable bonds is 7. The Kier molecular flexibility index (Phi) is 6.75. The summed E-state index contributed by atoms with van der Waals surface area (Å²) >= 11 is 6.27. The van der Waals surface area contributed by atoms with Crippen LogP contribution in [0.2, 0.25) is 5.02 Å². The molecule has 0 aliphatic heterocycles. The number of sulfonamides is 1. The number of nitrogens with zero attached hydrogens (tertiary/aromatic N) is 3. The first-order valence-corrected chi connectivity index (χ1v) is 11.7. The smallest absolute Gasteiger partial charge is 0.290 e. The average Bonchev–Trinajstić information content (AvgIpc) is 3.06. The van der Waals surface area contributed by atoms with E-state index in [4.69, 9.17) is 11.6 Å². The summed E-state index contributed by atoms with van der Waals surface area (Å²) in [6, 6.07) is 9.41. The number of anilines is 2. The van der Waals surface area contributed by atoms with Crippen LogP contribution in [0.15, 0.2) is 47.4 Å². The largest absolute Gasteiger partial charge is 0.323 e. The van der Waals surface area contributed by atoms with Gasteiger partial charge >= 0.3 is 0 Å². The second kappa shape index (κ2) is 9.20. The molecule has 0 saturated carbocycles. The fraction of sp³-hybridized carbons (Fsp3) is 0.238. The number of nitro groups is 1. The molecule has 33 heavy (non-hydrogen) atoms. The number of halogens is 1. The monoisotopic (exact) mass is 491 g/mol. The van der Waals surface area contributed by atoms with E-state index in [1.54, 1.807) is 11.6 Å². The first-order chi connectivity index (χ1) is 15.4. The Morgan fingerprint density at radius 1 is 1.18 bits per heavy atom. The Morgan fingerprint density at radius 2 is 1.88 bits per heavy atom. The Balaban J connectivity index is 1.82. The maximum Gasteiger partial charge on any atom is 0.290 e. The minimum absolute atomic E-state index is 0.0853. The second-order valence-electron chi connectivity index (χ2n) is 7.52. The van der Waals surface area contributed by atoms with Crippen LogP contribution in [0.4, 0.5) is 17.1 Å². The number of aromatic nitrogens is 2. The molecule has 10 nitrogen and oxygen atoms in total. The van der Waals surface area contributed by atoms with Crippen LogP contribution in [0.3, 0.4) is 0 Å². The number of amides is 1. The lowest BCUT2D eigenvalue weighted by Crippen LogP contribution is -2.25. The van der Waals surface area contributed by atoms with Crippen LogP contribution in [0.1, 0.15) is 29.9 Å². The van der Waals surface area contributed by atoms with Gasteiger partial charge in [-0.3, -0.25) is 24.3 Å². The molecular formula is C21H22ClN5O5S. The van der Waals surface area contributed by atoms with Crippen LogP contribution < -0.4 is 10.0 Å². The lowest BCUT2D eigenvalue weighted by molar-refractivity contribution is -0.387. The summed E-state index contributed by atoms with van der Waals surface area (Å²) in [7, 11) is -4.27. The van der Waals surface area contributed by atoms with Gasteiger partial charge in [-0.25, -0.2) is 8.42 Å². The highest BCUT2D eigenvalue weighted by Gasteiger charge is 2.28. The van der Waals surface area contributed by atoms with Crippen LogP contribution >= 0.6 is 11.6 Å². The van der Waals surface area contributed by atoms with Crippen LogP contribution in [0, 0.1) is 30.9 Å². The molecule has 3 rings (SSSR count). The van der Waals surface area contributed by atoms with E-state index in [-0.39, 0.29) is 27.9 Å². The lowest BCUT2D eigenvalue weighted by Gasteiger charge is -2.16. The third kappa shape index (κ3) is 5.15. The molecule has 0 spiro atoms. The fourth-order valence-corrected chi connectivity index (χ4v) is 5.08. The van der Waals surface area contributed by atoms with Crippen molar-refractivity contribution in [3.63, 3.8) is 0 Å². The first-order valence-electron chi connectivity index (χ1n) is 9.80. The number of hydrogen-bond donors (Lipinski definition) is 2. The summed E-state index contributed by atoms with van der Waals surface area (Å²) in [5.74, 6) is -0.355. The molecular weight excluding hydrogens is 470 g/mol. The van der Waals surface area contributed by atoms with Gasteiger partial charge in [-0.15, -0.1) is 0 Å². The molecule has 0 saturated heterocycles. The summed E-state index contributed by atoms with van der Waals surface area (Å²) in [4.78, 5) is 22.8. The number of carbonyl (C=O) groups is 1. The third-order valence-electron chi connectivity index (χ3n) is 4.93. The van der Waals surface area contributed by atoms with E-state index in [1.165, 1.54) is 37.3 Å². The van der Waals surface area contributed by atoms with Crippen LogP contribution in [0.25, 0.3) is 0 Å². The van der Waals surface area contributed by atoms with Crippen molar-refractivity contribution in [1.29, 1.82) is 0 Å². The molecule has 1 amide bonds. The van der Waals surface area contributed by atoms with Gasteiger partial charge in [0, 0.05) is 11.8 Å². The van der Waals surface area contributed by atoms with E-state index in [9.17, 15) is 23.3 Å². The Hall–Kier alpha value is -3.44. The van der Waals surface area contributed by atoms with Crippen molar-refractivity contribution >= 4 is 44.6 Å². The minimum atomic E-state index is -4.27. The second-order valence-corrected chi connectivity index (χ2v) is 9.54. The summed E-state index contributed by atoms with van der Waals surface area (Å²) in [6.07, 6.45) is 0. The molecule has 2 aromatic carbocycles. The summed E-state index contributed by atoms with van der Waals surface area (Å²) in [5.41, 5.74) is 1.68. The van der Waals surface area contributed by atoms with Gasteiger partial charge in [0.1, 0.15) is 6.04 Å². The molecule has 0 fully saturated rings. The SMILES string of the molecule is Cc1cc(C)n(C(C)C(=O)Nc2ccc(NS(=O)(=O)c3c(C)cccc3[N+](=O)[O-])cc2Cl)n1. The minimum Gasteiger partial charge on any atom is -0.323 e.